The topological polar surface area (TPSA) is 35.6 Å². The average Bonchev–Trinajstić information content (AvgIpc) is 2.57. The van der Waals surface area contributed by atoms with Crippen molar-refractivity contribution in [1.82, 2.24) is 10.2 Å². The van der Waals surface area contributed by atoms with Crippen molar-refractivity contribution < 1.29 is 4.79 Å². The van der Waals surface area contributed by atoms with Gasteiger partial charge in [0, 0.05) is 50.9 Å². The van der Waals surface area contributed by atoms with Crippen LogP contribution in [-0.2, 0) is 4.79 Å². The van der Waals surface area contributed by atoms with Crippen molar-refractivity contribution >= 4 is 11.6 Å². The van der Waals surface area contributed by atoms with Gasteiger partial charge in [-0.25, -0.2) is 0 Å². The summed E-state index contributed by atoms with van der Waals surface area (Å²) in [5, 5.41) is 3.39. The maximum atomic E-state index is 12.3. The molecule has 128 valence electrons. The first-order valence-electron chi connectivity index (χ1n) is 8.85. The van der Waals surface area contributed by atoms with Crippen molar-refractivity contribution in [1.29, 1.82) is 0 Å². The fourth-order valence-corrected chi connectivity index (χ4v) is 3.00. The molecule has 1 amide bonds. The average molecular weight is 317 g/mol. The molecule has 1 aromatic carbocycles. The summed E-state index contributed by atoms with van der Waals surface area (Å²) >= 11 is 0. The number of anilines is 1. The van der Waals surface area contributed by atoms with E-state index in [1.54, 1.807) is 0 Å². The Kier molecular flexibility index (Phi) is 6.46. The molecule has 1 unspecified atom stereocenters. The van der Waals surface area contributed by atoms with Gasteiger partial charge in [0.25, 0.3) is 0 Å². The van der Waals surface area contributed by atoms with E-state index >= 15 is 0 Å². The van der Waals surface area contributed by atoms with E-state index in [4.69, 9.17) is 0 Å². The van der Waals surface area contributed by atoms with E-state index in [1.165, 1.54) is 16.8 Å². The second-order valence-corrected chi connectivity index (χ2v) is 6.60. The molecule has 0 radical (unpaired) electrons. The molecule has 1 fully saturated rings. The molecule has 1 aliphatic heterocycles. The zero-order valence-electron chi connectivity index (χ0n) is 15.1. The highest BCUT2D eigenvalue weighted by molar-refractivity contribution is 5.76. The molecule has 4 nitrogen and oxygen atoms in total. The molecule has 0 spiro atoms. The minimum Gasteiger partial charge on any atom is -0.368 e. The van der Waals surface area contributed by atoms with E-state index in [2.05, 4.69) is 56.1 Å². The maximum absolute atomic E-state index is 12.3. The van der Waals surface area contributed by atoms with Gasteiger partial charge in [0.2, 0.25) is 5.91 Å². The molecule has 23 heavy (non-hydrogen) atoms. The number of amides is 1. The minimum atomic E-state index is 0.279. The van der Waals surface area contributed by atoms with Gasteiger partial charge in [-0.05, 0) is 44.4 Å². The molecule has 0 bridgehead atoms. The Morgan fingerprint density at radius 3 is 2.57 bits per heavy atom. The van der Waals surface area contributed by atoms with Gasteiger partial charge < -0.3 is 15.1 Å². The molecule has 1 heterocycles. The van der Waals surface area contributed by atoms with Crippen molar-refractivity contribution in [3.05, 3.63) is 29.3 Å². The van der Waals surface area contributed by atoms with Crippen LogP contribution in [0.2, 0.25) is 0 Å². The Morgan fingerprint density at radius 1 is 1.22 bits per heavy atom. The number of aryl methyl sites for hydroxylation is 1. The van der Waals surface area contributed by atoms with Gasteiger partial charge in [-0.1, -0.05) is 19.1 Å². The molecule has 0 aliphatic carbocycles. The SMILES string of the molecule is CCC(C)NCCC(=O)N1CCN(c2cccc(C)c2C)CC1. The number of benzene rings is 1. The van der Waals surface area contributed by atoms with Gasteiger partial charge in [-0.15, -0.1) is 0 Å². The molecule has 4 heteroatoms. The van der Waals surface area contributed by atoms with E-state index in [9.17, 15) is 4.79 Å². The van der Waals surface area contributed by atoms with Crippen LogP contribution in [0, 0.1) is 13.8 Å². The maximum Gasteiger partial charge on any atom is 0.223 e. The lowest BCUT2D eigenvalue weighted by molar-refractivity contribution is -0.131. The van der Waals surface area contributed by atoms with Crippen LogP contribution in [0.1, 0.15) is 37.8 Å². The van der Waals surface area contributed by atoms with Crippen LogP contribution in [0.3, 0.4) is 0 Å². The predicted octanol–water partition coefficient (Wildman–Crippen LogP) is 2.73. The summed E-state index contributed by atoms with van der Waals surface area (Å²) < 4.78 is 0. The largest absolute Gasteiger partial charge is 0.368 e. The number of hydrogen-bond donors (Lipinski definition) is 1. The molecule has 1 saturated heterocycles. The summed E-state index contributed by atoms with van der Waals surface area (Å²) in [6.45, 7) is 12.9. The molecule has 1 aliphatic rings. The highest BCUT2D eigenvalue weighted by Gasteiger charge is 2.22. The highest BCUT2D eigenvalue weighted by atomic mass is 16.2. The van der Waals surface area contributed by atoms with Crippen LogP contribution in [-0.4, -0.2) is 49.6 Å². The van der Waals surface area contributed by atoms with Gasteiger partial charge in [0.1, 0.15) is 0 Å². The van der Waals surface area contributed by atoms with Crippen molar-refractivity contribution in [3.63, 3.8) is 0 Å². The molecular formula is C19H31N3O. The lowest BCUT2D eigenvalue weighted by Crippen LogP contribution is -2.49. The monoisotopic (exact) mass is 317 g/mol. The van der Waals surface area contributed by atoms with Crippen LogP contribution < -0.4 is 10.2 Å². The standard InChI is InChI=1S/C19H31N3O/c1-5-16(3)20-10-9-19(23)22-13-11-21(12-14-22)18-8-6-7-15(2)17(18)4/h6-8,16,20H,5,9-14H2,1-4H3. The predicted molar refractivity (Wildman–Crippen MR) is 97.1 cm³/mol. The molecule has 0 saturated carbocycles. The van der Waals surface area contributed by atoms with E-state index in [0.29, 0.717) is 12.5 Å². The molecule has 1 aromatic rings. The molecular weight excluding hydrogens is 286 g/mol. The van der Waals surface area contributed by atoms with Crippen molar-refractivity contribution in [2.24, 2.45) is 0 Å². The number of carbonyl (C=O) groups is 1. The summed E-state index contributed by atoms with van der Waals surface area (Å²) in [6.07, 6.45) is 1.70. The normalized spacial score (nSPS) is 16.5. The Balaban J connectivity index is 1.81. The lowest BCUT2D eigenvalue weighted by atomic mass is 10.1. The number of piperazine rings is 1. The Morgan fingerprint density at radius 2 is 1.91 bits per heavy atom. The second kappa shape index (κ2) is 8.34. The summed E-state index contributed by atoms with van der Waals surface area (Å²) in [4.78, 5) is 16.7. The van der Waals surface area contributed by atoms with Crippen LogP contribution in [0.15, 0.2) is 18.2 Å². The van der Waals surface area contributed by atoms with Crippen molar-refractivity contribution in [3.8, 4) is 0 Å². The fourth-order valence-electron chi connectivity index (χ4n) is 3.00. The third-order valence-corrected chi connectivity index (χ3v) is 4.99. The van der Waals surface area contributed by atoms with Crippen molar-refractivity contribution in [2.45, 2.75) is 46.6 Å². The smallest absolute Gasteiger partial charge is 0.223 e. The summed E-state index contributed by atoms with van der Waals surface area (Å²) in [6, 6.07) is 6.96. The van der Waals surface area contributed by atoms with Crippen molar-refractivity contribution in [2.75, 3.05) is 37.6 Å². The Labute approximate surface area is 140 Å². The van der Waals surface area contributed by atoms with Crippen LogP contribution in [0.5, 0.6) is 0 Å². The first-order valence-corrected chi connectivity index (χ1v) is 8.85. The number of nitrogens with one attached hydrogen (secondary N) is 1. The van der Waals surface area contributed by atoms with Gasteiger partial charge in [-0.3, -0.25) is 4.79 Å². The van der Waals surface area contributed by atoms with E-state index < -0.39 is 0 Å². The third-order valence-electron chi connectivity index (χ3n) is 4.99. The van der Waals surface area contributed by atoms with Crippen LogP contribution in [0.4, 0.5) is 5.69 Å². The van der Waals surface area contributed by atoms with Gasteiger partial charge in [0.05, 0.1) is 0 Å². The number of nitrogens with zero attached hydrogens (tertiary/aromatic N) is 2. The van der Waals surface area contributed by atoms with E-state index in [-0.39, 0.29) is 5.91 Å². The summed E-state index contributed by atoms with van der Waals surface area (Å²) in [5.74, 6) is 0.279. The Bertz CT molecular complexity index is 521. The first-order chi connectivity index (χ1) is 11.0. The number of rotatable bonds is 6. The van der Waals surface area contributed by atoms with Gasteiger partial charge >= 0.3 is 0 Å². The zero-order valence-corrected chi connectivity index (χ0v) is 15.1. The quantitative estimate of drug-likeness (QED) is 0.876. The van der Waals surface area contributed by atoms with Crippen LogP contribution in [0.25, 0.3) is 0 Å². The summed E-state index contributed by atoms with van der Waals surface area (Å²) in [5.41, 5.74) is 4.00. The fraction of sp³-hybridized carbons (Fsp3) is 0.632. The third kappa shape index (κ3) is 4.71. The summed E-state index contributed by atoms with van der Waals surface area (Å²) in [7, 11) is 0. The van der Waals surface area contributed by atoms with E-state index in [1.807, 2.05) is 4.90 Å². The Hall–Kier alpha value is -1.55. The molecule has 0 aromatic heterocycles. The second-order valence-electron chi connectivity index (χ2n) is 6.60. The minimum absolute atomic E-state index is 0.279. The van der Waals surface area contributed by atoms with Gasteiger partial charge in [-0.2, -0.15) is 0 Å². The van der Waals surface area contributed by atoms with Crippen LogP contribution >= 0.6 is 0 Å². The number of hydrogen-bond acceptors (Lipinski definition) is 3. The first kappa shape index (κ1) is 17.8. The number of carbonyl (C=O) groups excluding carboxylic acids is 1. The molecule has 2 rings (SSSR count). The highest BCUT2D eigenvalue weighted by Crippen LogP contribution is 2.23. The molecule has 1 atom stereocenters. The molecule has 1 N–H and O–H groups in total. The van der Waals surface area contributed by atoms with Gasteiger partial charge in [0.15, 0.2) is 0 Å². The lowest BCUT2D eigenvalue weighted by Gasteiger charge is -2.37. The zero-order chi connectivity index (χ0) is 16.8. The van der Waals surface area contributed by atoms with E-state index in [0.717, 1.165) is 39.1 Å².